The summed E-state index contributed by atoms with van der Waals surface area (Å²) >= 11 is 0. The average Bonchev–Trinajstić information content (AvgIpc) is 2.67. The summed E-state index contributed by atoms with van der Waals surface area (Å²) in [5.74, 6) is 0.0342. The van der Waals surface area contributed by atoms with E-state index in [-0.39, 0.29) is 18.8 Å². The third kappa shape index (κ3) is 6.49. The molecule has 0 saturated carbocycles. The van der Waals surface area contributed by atoms with Crippen molar-refractivity contribution in [3.63, 3.8) is 0 Å². The molecular weight excluding hydrogens is 302 g/mol. The Kier molecular flexibility index (Phi) is 7.38. The highest BCUT2D eigenvalue weighted by atomic mass is 32.2. The van der Waals surface area contributed by atoms with Gasteiger partial charge in [0.2, 0.25) is 10.0 Å². The van der Waals surface area contributed by atoms with Crippen LogP contribution in [0.25, 0.3) is 0 Å². The van der Waals surface area contributed by atoms with E-state index in [1.54, 1.807) is 6.92 Å². The summed E-state index contributed by atoms with van der Waals surface area (Å²) in [4.78, 5) is 0. The topological polar surface area (TPSA) is 95.6 Å². The molecule has 0 aromatic carbocycles. The lowest BCUT2D eigenvalue weighted by Crippen LogP contribution is -2.42. The summed E-state index contributed by atoms with van der Waals surface area (Å²) in [7, 11) is -6.62. The van der Waals surface area contributed by atoms with E-state index in [2.05, 4.69) is 9.44 Å². The van der Waals surface area contributed by atoms with E-state index in [0.717, 1.165) is 25.7 Å². The van der Waals surface area contributed by atoms with Gasteiger partial charge in [0, 0.05) is 26.2 Å². The van der Waals surface area contributed by atoms with Crippen LogP contribution in [-0.2, 0) is 20.2 Å². The summed E-state index contributed by atoms with van der Waals surface area (Å²) in [6.45, 7) is 3.18. The zero-order valence-electron chi connectivity index (χ0n) is 12.0. The Balaban J connectivity index is 2.29. The van der Waals surface area contributed by atoms with Crippen LogP contribution in [0.4, 0.5) is 0 Å². The third-order valence-corrected chi connectivity index (χ3v) is 6.26. The molecule has 1 fully saturated rings. The van der Waals surface area contributed by atoms with Crippen molar-refractivity contribution in [1.29, 1.82) is 0 Å². The third-order valence-electron chi connectivity index (χ3n) is 3.24. The van der Waals surface area contributed by atoms with E-state index in [1.165, 1.54) is 4.31 Å². The smallest absolute Gasteiger partial charge is 0.215 e. The Morgan fingerprint density at radius 1 is 0.900 bits per heavy atom. The van der Waals surface area contributed by atoms with Crippen molar-refractivity contribution in [3.8, 4) is 0 Å². The van der Waals surface area contributed by atoms with Crippen LogP contribution < -0.4 is 9.44 Å². The molecule has 9 heteroatoms. The molecule has 0 radical (unpaired) electrons. The highest BCUT2D eigenvalue weighted by Crippen LogP contribution is 2.12. The first-order valence-corrected chi connectivity index (χ1v) is 10.2. The molecule has 1 saturated heterocycles. The standard InChI is InChI=1S/C11H25N3O4S2/c1-2-19(15,16)12-8-7-9-13-20(17,18)14-10-5-3-4-6-11-14/h12-13H,2-11H2,1H3. The zero-order chi connectivity index (χ0) is 15.1. The first-order chi connectivity index (χ1) is 9.37. The molecule has 1 heterocycles. The molecule has 0 aliphatic carbocycles. The Labute approximate surface area is 122 Å². The second-order valence-electron chi connectivity index (χ2n) is 4.86. The molecule has 2 N–H and O–H groups in total. The van der Waals surface area contributed by atoms with Gasteiger partial charge in [-0.1, -0.05) is 12.8 Å². The number of hydrogen-bond acceptors (Lipinski definition) is 4. The molecule has 0 atom stereocenters. The fourth-order valence-electron chi connectivity index (χ4n) is 1.99. The molecule has 0 unspecified atom stereocenters. The van der Waals surface area contributed by atoms with E-state index in [1.807, 2.05) is 0 Å². The Bertz CT molecular complexity index is 468. The van der Waals surface area contributed by atoms with E-state index < -0.39 is 20.2 Å². The minimum atomic E-state index is -3.42. The van der Waals surface area contributed by atoms with Crippen LogP contribution in [0.2, 0.25) is 0 Å². The maximum atomic E-state index is 12.0. The quantitative estimate of drug-likeness (QED) is 0.615. The molecule has 0 aromatic heterocycles. The predicted octanol–water partition coefficient (Wildman–Crippen LogP) is 0.0262. The highest BCUT2D eigenvalue weighted by molar-refractivity contribution is 7.89. The zero-order valence-corrected chi connectivity index (χ0v) is 13.6. The maximum Gasteiger partial charge on any atom is 0.279 e. The van der Waals surface area contributed by atoms with Crippen LogP contribution in [0, 0.1) is 0 Å². The van der Waals surface area contributed by atoms with Crippen LogP contribution in [0.5, 0.6) is 0 Å². The van der Waals surface area contributed by atoms with Gasteiger partial charge < -0.3 is 0 Å². The average molecular weight is 327 g/mol. The maximum absolute atomic E-state index is 12.0. The lowest BCUT2D eigenvalue weighted by atomic mass is 10.2. The van der Waals surface area contributed by atoms with Gasteiger partial charge in [0.25, 0.3) is 10.2 Å². The number of rotatable bonds is 8. The van der Waals surface area contributed by atoms with Gasteiger partial charge in [-0.15, -0.1) is 0 Å². The van der Waals surface area contributed by atoms with Gasteiger partial charge in [-0.25, -0.2) is 17.9 Å². The molecule has 0 amide bonds. The second kappa shape index (κ2) is 8.28. The lowest BCUT2D eigenvalue weighted by Gasteiger charge is -2.20. The predicted molar refractivity (Wildman–Crippen MR) is 79.0 cm³/mol. The summed E-state index contributed by atoms with van der Waals surface area (Å²) in [6, 6.07) is 0. The summed E-state index contributed by atoms with van der Waals surface area (Å²) in [6.07, 6.45) is 4.39. The highest BCUT2D eigenvalue weighted by Gasteiger charge is 2.21. The Hall–Kier alpha value is -0.220. The second-order valence-corrected chi connectivity index (χ2v) is 8.71. The first kappa shape index (κ1) is 17.8. The van der Waals surface area contributed by atoms with Crippen molar-refractivity contribution < 1.29 is 16.8 Å². The SMILES string of the molecule is CCS(=O)(=O)NCCCNS(=O)(=O)N1CCCCCC1. The van der Waals surface area contributed by atoms with Crippen molar-refractivity contribution in [1.82, 2.24) is 13.7 Å². The van der Waals surface area contributed by atoms with Crippen LogP contribution in [0.1, 0.15) is 39.0 Å². The summed E-state index contributed by atoms with van der Waals surface area (Å²) in [5, 5.41) is 0. The Morgan fingerprint density at radius 3 is 2.00 bits per heavy atom. The normalized spacial score (nSPS) is 18.9. The lowest BCUT2D eigenvalue weighted by molar-refractivity contribution is 0.414. The van der Waals surface area contributed by atoms with Crippen LogP contribution in [0.3, 0.4) is 0 Å². The minimum Gasteiger partial charge on any atom is -0.215 e. The molecule has 0 spiro atoms. The first-order valence-electron chi connectivity index (χ1n) is 7.09. The molecule has 1 aliphatic heterocycles. The van der Waals surface area contributed by atoms with Gasteiger partial charge in [-0.2, -0.15) is 12.7 Å². The molecule has 1 rings (SSSR count). The van der Waals surface area contributed by atoms with Gasteiger partial charge in [0.15, 0.2) is 0 Å². The molecule has 0 aromatic rings. The molecular formula is C11H25N3O4S2. The molecule has 20 heavy (non-hydrogen) atoms. The van der Waals surface area contributed by atoms with Crippen LogP contribution in [-0.4, -0.2) is 53.1 Å². The van der Waals surface area contributed by atoms with Crippen molar-refractivity contribution in [2.45, 2.75) is 39.0 Å². The number of nitrogens with one attached hydrogen (secondary N) is 2. The fourth-order valence-corrected chi connectivity index (χ4v) is 3.98. The Morgan fingerprint density at radius 2 is 1.45 bits per heavy atom. The van der Waals surface area contributed by atoms with E-state index in [0.29, 0.717) is 19.5 Å². The van der Waals surface area contributed by atoms with Gasteiger partial charge in [0.05, 0.1) is 5.75 Å². The van der Waals surface area contributed by atoms with E-state index in [4.69, 9.17) is 0 Å². The largest absolute Gasteiger partial charge is 0.279 e. The van der Waals surface area contributed by atoms with Gasteiger partial charge in [-0.3, -0.25) is 0 Å². The van der Waals surface area contributed by atoms with Gasteiger partial charge in [-0.05, 0) is 26.2 Å². The number of nitrogens with zero attached hydrogens (tertiary/aromatic N) is 1. The van der Waals surface area contributed by atoms with Crippen LogP contribution in [0.15, 0.2) is 0 Å². The fraction of sp³-hybridized carbons (Fsp3) is 1.00. The van der Waals surface area contributed by atoms with Gasteiger partial charge >= 0.3 is 0 Å². The summed E-state index contributed by atoms with van der Waals surface area (Å²) < 4.78 is 52.8. The minimum absolute atomic E-state index is 0.0342. The van der Waals surface area contributed by atoms with E-state index >= 15 is 0 Å². The summed E-state index contributed by atoms with van der Waals surface area (Å²) in [5.41, 5.74) is 0. The van der Waals surface area contributed by atoms with E-state index in [9.17, 15) is 16.8 Å². The number of hydrogen-bond donors (Lipinski definition) is 2. The van der Waals surface area contributed by atoms with Gasteiger partial charge in [0.1, 0.15) is 0 Å². The molecule has 1 aliphatic rings. The number of sulfonamides is 1. The molecule has 120 valence electrons. The van der Waals surface area contributed by atoms with Crippen molar-refractivity contribution >= 4 is 20.2 Å². The monoisotopic (exact) mass is 327 g/mol. The van der Waals surface area contributed by atoms with Crippen LogP contribution >= 0.6 is 0 Å². The van der Waals surface area contributed by atoms with Crippen molar-refractivity contribution in [2.24, 2.45) is 0 Å². The van der Waals surface area contributed by atoms with Crippen molar-refractivity contribution in [3.05, 3.63) is 0 Å². The molecule has 0 bridgehead atoms. The van der Waals surface area contributed by atoms with Crippen molar-refractivity contribution in [2.75, 3.05) is 31.9 Å². The molecule has 7 nitrogen and oxygen atoms in total.